The second-order valence-corrected chi connectivity index (χ2v) is 12.5. The Morgan fingerprint density at radius 3 is 2.17 bits per heavy atom. The fraction of sp³-hybridized carbons (Fsp3) is 0.355. The lowest BCUT2D eigenvalue weighted by Crippen LogP contribution is -2.54. The topological polar surface area (TPSA) is 86.8 Å². The summed E-state index contributed by atoms with van der Waals surface area (Å²) in [5.74, 6) is -0.783. The van der Waals surface area contributed by atoms with E-state index in [0.717, 1.165) is 33.7 Å². The summed E-state index contributed by atoms with van der Waals surface area (Å²) in [6.45, 7) is 7.23. The van der Waals surface area contributed by atoms with Crippen LogP contribution in [-0.2, 0) is 32.6 Å². The first-order valence-electron chi connectivity index (χ1n) is 13.3. The van der Waals surface area contributed by atoms with Gasteiger partial charge in [0.1, 0.15) is 12.6 Å². The molecule has 0 aliphatic rings. The van der Waals surface area contributed by atoms with E-state index in [1.807, 2.05) is 75.4 Å². The lowest BCUT2D eigenvalue weighted by atomic mass is 10.0. The Bertz CT molecular complexity index is 1410. The van der Waals surface area contributed by atoms with Gasteiger partial charge in [-0.25, -0.2) is 8.42 Å². The van der Waals surface area contributed by atoms with Crippen molar-refractivity contribution in [3.63, 3.8) is 0 Å². The molecule has 7 nitrogen and oxygen atoms in total. The van der Waals surface area contributed by atoms with E-state index in [2.05, 4.69) is 5.32 Å². The van der Waals surface area contributed by atoms with Crippen molar-refractivity contribution in [3.05, 3.63) is 100 Å². The van der Waals surface area contributed by atoms with E-state index >= 15 is 0 Å². The number of carbonyl (C=O) groups excluding carboxylic acids is 2. The van der Waals surface area contributed by atoms with Crippen LogP contribution in [-0.4, -0.2) is 50.0 Å². The number of hydrogen-bond donors (Lipinski definition) is 1. The number of hydrogen-bond acceptors (Lipinski definition) is 4. The third-order valence-corrected chi connectivity index (χ3v) is 8.47. The highest BCUT2D eigenvalue weighted by Gasteiger charge is 2.33. The first-order chi connectivity index (χ1) is 18.9. The number of nitrogens with one attached hydrogen (secondary N) is 1. The van der Waals surface area contributed by atoms with Crippen molar-refractivity contribution >= 4 is 39.1 Å². The van der Waals surface area contributed by atoms with Crippen LogP contribution in [0.15, 0.2) is 72.8 Å². The van der Waals surface area contributed by atoms with E-state index in [4.69, 9.17) is 11.6 Å². The van der Waals surface area contributed by atoms with Crippen LogP contribution in [0, 0.1) is 13.8 Å². The Hall–Kier alpha value is -3.36. The summed E-state index contributed by atoms with van der Waals surface area (Å²) >= 11 is 6.30. The number of carbonyl (C=O) groups is 2. The third-order valence-electron chi connectivity index (χ3n) is 6.93. The summed E-state index contributed by atoms with van der Waals surface area (Å²) in [5, 5.41) is 3.42. The molecule has 2 atom stereocenters. The predicted octanol–water partition coefficient (Wildman–Crippen LogP) is 5.28. The number of sulfonamides is 1. The fourth-order valence-electron chi connectivity index (χ4n) is 4.35. The quantitative estimate of drug-likeness (QED) is 0.314. The number of anilines is 1. The summed E-state index contributed by atoms with van der Waals surface area (Å²) in [6, 6.07) is 21.2. The molecule has 3 rings (SSSR count). The second-order valence-electron chi connectivity index (χ2n) is 10.2. The number of nitrogens with zero attached hydrogens (tertiary/aromatic N) is 2. The van der Waals surface area contributed by atoms with Crippen molar-refractivity contribution in [2.75, 3.05) is 17.1 Å². The van der Waals surface area contributed by atoms with Gasteiger partial charge < -0.3 is 10.2 Å². The molecular formula is C31H38ClN3O4S. The molecule has 2 amide bonds. The molecule has 0 bridgehead atoms. The van der Waals surface area contributed by atoms with Crippen LogP contribution in [0.2, 0.25) is 5.02 Å². The van der Waals surface area contributed by atoms with Gasteiger partial charge in [0.2, 0.25) is 21.8 Å². The molecule has 3 aromatic carbocycles. The summed E-state index contributed by atoms with van der Waals surface area (Å²) < 4.78 is 27.0. The van der Waals surface area contributed by atoms with Crippen molar-refractivity contribution in [1.82, 2.24) is 10.2 Å². The normalized spacial score (nSPS) is 12.8. The van der Waals surface area contributed by atoms with Crippen LogP contribution < -0.4 is 9.62 Å². The summed E-state index contributed by atoms with van der Waals surface area (Å²) in [5.41, 5.74) is 3.65. The third kappa shape index (κ3) is 8.32. The molecule has 1 N–H and O–H groups in total. The minimum Gasteiger partial charge on any atom is -0.352 e. The molecule has 0 saturated carbocycles. The maximum atomic E-state index is 14.1. The van der Waals surface area contributed by atoms with Gasteiger partial charge in [0.15, 0.2) is 0 Å². The lowest BCUT2D eigenvalue weighted by Gasteiger charge is -2.34. The molecule has 3 aromatic rings. The van der Waals surface area contributed by atoms with Crippen LogP contribution in [0.4, 0.5) is 5.69 Å². The van der Waals surface area contributed by atoms with Gasteiger partial charge in [-0.1, -0.05) is 84.8 Å². The second kappa shape index (κ2) is 13.8. The monoisotopic (exact) mass is 583 g/mol. The number of amides is 2. The first kappa shape index (κ1) is 31.2. The highest BCUT2D eigenvalue weighted by molar-refractivity contribution is 7.92. The van der Waals surface area contributed by atoms with Crippen LogP contribution in [0.1, 0.15) is 42.5 Å². The Balaban J connectivity index is 2.08. The molecule has 0 aromatic heterocycles. The smallest absolute Gasteiger partial charge is 0.244 e. The first-order valence-corrected chi connectivity index (χ1v) is 15.6. The van der Waals surface area contributed by atoms with Crippen LogP contribution in [0.5, 0.6) is 0 Å². The Labute approximate surface area is 243 Å². The summed E-state index contributed by atoms with van der Waals surface area (Å²) in [4.78, 5) is 29.3. The maximum absolute atomic E-state index is 14.1. The molecule has 0 saturated heterocycles. The number of benzene rings is 3. The van der Waals surface area contributed by atoms with E-state index < -0.39 is 28.5 Å². The van der Waals surface area contributed by atoms with E-state index in [1.165, 1.54) is 4.90 Å². The highest BCUT2D eigenvalue weighted by atomic mass is 35.5. The van der Waals surface area contributed by atoms with Gasteiger partial charge in [-0.15, -0.1) is 0 Å². The van der Waals surface area contributed by atoms with Crippen molar-refractivity contribution < 1.29 is 18.0 Å². The fourth-order valence-corrected chi connectivity index (χ4v) is 5.42. The van der Waals surface area contributed by atoms with Crippen molar-refractivity contribution in [2.24, 2.45) is 0 Å². The zero-order valence-corrected chi connectivity index (χ0v) is 25.3. The minimum absolute atomic E-state index is 0.0938. The average Bonchev–Trinajstić information content (AvgIpc) is 2.91. The van der Waals surface area contributed by atoms with Crippen LogP contribution in [0.25, 0.3) is 0 Å². The van der Waals surface area contributed by atoms with E-state index in [9.17, 15) is 18.0 Å². The SMILES string of the molecule is CCC(C)NC(=O)C(Cc1ccccc1)N(Cc1ccc(C)cc1)C(=O)CN(c1cccc(Cl)c1C)S(C)(=O)=O. The van der Waals surface area contributed by atoms with Crippen molar-refractivity contribution in [2.45, 2.75) is 59.2 Å². The number of rotatable bonds is 12. The van der Waals surface area contributed by atoms with Crippen molar-refractivity contribution in [1.29, 1.82) is 0 Å². The maximum Gasteiger partial charge on any atom is 0.244 e. The zero-order chi connectivity index (χ0) is 29.4. The molecule has 40 heavy (non-hydrogen) atoms. The summed E-state index contributed by atoms with van der Waals surface area (Å²) in [6.07, 6.45) is 2.06. The number of halogens is 1. The van der Waals surface area contributed by atoms with Crippen molar-refractivity contribution in [3.8, 4) is 0 Å². The molecule has 0 aliphatic heterocycles. The van der Waals surface area contributed by atoms with Gasteiger partial charge >= 0.3 is 0 Å². The molecule has 9 heteroatoms. The lowest BCUT2D eigenvalue weighted by molar-refractivity contribution is -0.140. The molecule has 0 heterocycles. The largest absolute Gasteiger partial charge is 0.352 e. The zero-order valence-electron chi connectivity index (χ0n) is 23.7. The van der Waals surface area contributed by atoms with Crippen LogP contribution in [0.3, 0.4) is 0 Å². The molecule has 0 spiro atoms. The molecular weight excluding hydrogens is 546 g/mol. The van der Waals surface area contributed by atoms with Gasteiger partial charge in [0, 0.05) is 24.0 Å². The minimum atomic E-state index is -3.87. The van der Waals surface area contributed by atoms with Gasteiger partial charge in [0.05, 0.1) is 11.9 Å². The Morgan fingerprint density at radius 2 is 1.57 bits per heavy atom. The van der Waals surface area contributed by atoms with Gasteiger partial charge in [-0.3, -0.25) is 13.9 Å². The molecule has 214 valence electrons. The Kier molecular flexibility index (Phi) is 10.8. The molecule has 0 aliphatic carbocycles. The van der Waals surface area contributed by atoms with E-state index in [1.54, 1.807) is 25.1 Å². The summed E-state index contributed by atoms with van der Waals surface area (Å²) in [7, 11) is -3.87. The Morgan fingerprint density at radius 1 is 0.925 bits per heavy atom. The van der Waals surface area contributed by atoms with Crippen LogP contribution >= 0.6 is 11.6 Å². The highest BCUT2D eigenvalue weighted by Crippen LogP contribution is 2.28. The van der Waals surface area contributed by atoms with Gasteiger partial charge in [-0.05, 0) is 56.0 Å². The molecule has 0 radical (unpaired) electrons. The van der Waals surface area contributed by atoms with E-state index in [-0.39, 0.29) is 24.9 Å². The standard InChI is InChI=1S/C31H38ClN3O4S/c1-6-23(3)33-31(37)29(19-25-11-8-7-9-12-25)34(20-26-17-15-22(2)16-18-26)30(36)21-35(40(5,38)39)28-14-10-13-27(32)24(28)4/h7-18,23,29H,6,19-21H2,1-5H3,(H,33,37). The number of aryl methyl sites for hydroxylation is 1. The van der Waals surface area contributed by atoms with E-state index in [0.29, 0.717) is 16.3 Å². The molecule has 2 unspecified atom stereocenters. The molecule has 0 fully saturated rings. The van der Waals surface area contributed by atoms with Gasteiger partial charge in [-0.2, -0.15) is 0 Å². The average molecular weight is 584 g/mol. The van der Waals surface area contributed by atoms with Gasteiger partial charge in [0.25, 0.3) is 0 Å². The predicted molar refractivity (Wildman–Crippen MR) is 162 cm³/mol.